The van der Waals surface area contributed by atoms with Crippen LogP contribution in [0.3, 0.4) is 0 Å². The Morgan fingerprint density at radius 2 is 1.86 bits per heavy atom. The average molecular weight is 463 g/mol. The number of aromatic nitrogens is 1. The molecule has 1 N–H and O–H groups in total. The van der Waals surface area contributed by atoms with Crippen LogP contribution in [-0.2, 0) is 17.9 Å². The first kappa shape index (κ1) is 21.2. The second-order valence-electron chi connectivity index (χ2n) is 7.94. The van der Waals surface area contributed by atoms with Gasteiger partial charge in [0.15, 0.2) is 0 Å². The Bertz CT molecular complexity index is 948. The van der Waals surface area contributed by atoms with Crippen molar-refractivity contribution in [3.8, 4) is 5.75 Å². The highest BCUT2D eigenvalue weighted by molar-refractivity contribution is 9.10. The van der Waals surface area contributed by atoms with Crippen LogP contribution in [0.5, 0.6) is 5.75 Å². The van der Waals surface area contributed by atoms with Crippen molar-refractivity contribution in [2.45, 2.75) is 45.0 Å². The molecule has 0 saturated heterocycles. The van der Waals surface area contributed by atoms with Gasteiger partial charge < -0.3 is 13.9 Å². The van der Waals surface area contributed by atoms with Crippen LogP contribution in [-0.4, -0.2) is 21.0 Å². The van der Waals surface area contributed by atoms with Crippen molar-refractivity contribution in [3.63, 3.8) is 0 Å². The minimum absolute atomic E-state index is 0.0270. The Balaban J connectivity index is 1.95. The highest BCUT2D eigenvalue weighted by Crippen LogP contribution is 2.31. The molecule has 0 aliphatic heterocycles. The molecular weight excluding hydrogens is 436 g/mol. The third kappa shape index (κ3) is 4.74. The number of rotatable bonds is 6. The Morgan fingerprint density at radius 1 is 1.18 bits per heavy atom. The number of hydrogen-bond acceptors (Lipinski definition) is 3. The molecule has 0 amide bonds. The summed E-state index contributed by atoms with van der Waals surface area (Å²) in [6, 6.07) is 14.4. The molecule has 6 heteroatoms. The maximum Gasteiger partial charge on any atom is 0.136 e. The second kappa shape index (κ2) is 8.49. The number of methoxy groups -OCH3 is 1. The first-order valence-corrected chi connectivity index (χ1v) is 11.2. The summed E-state index contributed by atoms with van der Waals surface area (Å²) in [6.45, 7) is 8.76. The van der Waals surface area contributed by atoms with E-state index < -0.39 is 11.4 Å². The lowest BCUT2D eigenvalue weighted by molar-refractivity contribution is 0.414. The summed E-state index contributed by atoms with van der Waals surface area (Å²) in [4.78, 5) is 0. The predicted octanol–water partition coefficient (Wildman–Crippen LogP) is 5.57. The van der Waals surface area contributed by atoms with E-state index in [1.807, 2.05) is 32.9 Å². The molecule has 150 valence electrons. The van der Waals surface area contributed by atoms with Gasteiger partial charge in [0, 0.05) is 39.5 Å². The van der Waals surface area contributed by atoms with Crippen molar-refractivity contribution in [3.05, 3.63) is 64.3 Å². The SMILES string of the molecule is COc1ccc(Cn2cc([C@@H](C)N[S@@+]([O-])C(C)(C)C)c3ccc(Br)cc32)cc1. The Hall–Kier alpha value is -1.47. The van der Waals surface area contributed by atoms with Gasteiger partial charge in [-0.25, -0.2) is 0 Å². The van der Waals surface area contributed by atoms with Gasteiger partial charge in [-0.2, -0.15) is 0 Å². The van der Waals surface area contributed by atoms with E-state index >= 15 is 0 Å². The summed E-state index contributed by atoms with van der Waals surface area (Å²) < 4.78 is 24.1. The Labute approximate surface area is 178 Å². The fraction of sp³-hybridized carbons (Fsp3) is 0.364. The normalized spacial score (nSPS) is 14.2. The van der Waals surface area contributed by atoms with E-state index in [1.165, 1.54) is 10.9 Å². The monoisotopic (exact) mass is 462 g/mol. The zero-order valence-electron chi connectivity index (χ0n) is 17.0. The molecule has 2 atom stereocenters. The van der Waals surface area contributed by atoms with Crippen molar-refractivity contribution in [1.82, 2.24) is 9.29 Å². The minimum atomic E-state index is -1.13. The van der Waals surface area contributed by atoms with E-state index in [1.54, 1.807) is 7.11 Å². The zero-order chi connectivity index (χ0) is 20.5. The lowest BCUT2D eigenvalue weighted by Gasteiger charge is -2.26. The van der Waals surface area contributed by atoms with Crippen LogP contribution in [0.2, 0.25) is 0 Å². The average Bonchev–Trinajstić information content (AvgIpc) is 2.99. The van der Waals surface area contributed by atoms with Gasteiger partial charge in [0.05, 0.1) is 13.2 Å². The highest BCUT2D eigenvalue weighted by Gasteiger charge is 2.29. The largest absolute Gasteiger partial charge is 0.598 e. The number of halogens is 1. The molecule has 0 bridgehead atoms. The summed E-state index contributed by atoms with van der Waals surface area (Å²) >= 11 is 2.46. The molecule has 1 heterocycles. The zero-order valence-corrected chi connectivity index (χ0v) is 19.4. The summed E-state index contributed by atoms with van der Waals surface area (Å²) in [5.74, 6) is 0.854. The maximum absolute atomic E-state index is 12.6. The lowest BCUT2D eigenvalue weighted by atomic mass is 10.1. The molecule has 0 radical (unpaired) electrons. The van der Waals surface area contributed by atoms with Gasteiger partial charge in [-0.05, 0) is 63.1 Å². The number of nitrogens with zero attached hydrogens (tertiary/aromatic N) is 1. The minimum Gasteiger partial charge on any atom is -0.598 e. The number of ether oxygens (including phenoxy) is 1. The summed E-state index contributed by atoms with van der Waals surface area (Å²) in [6.07, 6.45) is 2.17. The van der Waals surface area contributed by atoms with E-state index in [4.69, 9.17) is 4.74 Å². The topological polar surface area (TPSA) is 49.2 Å². The van der Waals surface area contributed by atoms with Crippen LogP contribution in [0.15, 0.2) is 53.1 Å². The van der Waals surface area contributed by atoms with Gasteiger partial charge in [-0.15, -0.1) is 4.72 Å². The lowest BCUT2D eigenvalue weighted by Crippen LogP contribution is -2.40. The second-order valence-corrected chi connectivity index (χ2v) is 10.9. The van der Waals surface area contributed by atoms with Crippen LogP contribution < -0.4 is 9.46 Å². The molecule has 0 aliphatic carbocycles. The van der Waals surface area contributed by atoms with E-state index in [9.17, 15) is 4.55 Å². The van der Waals surface area contributed by atoms with Gasteiger partial charge in [-0.1, -0.05) is 34.1 Å². The molecule has 0 spiro atoms. The van der Waals surface area contributed by atoms with Gasteiger partial charge >= 0.3 is 0 Å². The van der Waals surface area contributed by atoms with Gasteiger partial charge in [0.2, 0.25) is 0 Å². The summed E-state index contributed by atoms with van der Waals surface area (Å²) in [5, 5.41) is 1.17. The Kier molecular flexibility index (Phi) is 6.44. The number of nitrogens with one attached hydrogen (secondary N) is 1. The maximum atomic E-state index is 12.6. The molecule has 0 fully saturated rings. The molecule has 0 saturated carbocycles. The molecule has 3 rings (SSSR count). The van der Waals surface area contributed by atoms with Crippen molar-refractivity contribution < 1.29 is 9.29 Å². The van der Waals surface area contributed by atoms with Crippen molar-refractivity contribution in [2.75, 3.05) is 7.11 Å². The number of hydrogen-bond donors (Lipinski definition) is 1. The molecule has 0 aliphatic rings. The van der Waals surface area contributed by atoms with Crippen LogP contribution in [0.25, 0.3) is 10.9 Å². The van der Waals surface area contributed by atoms with Crippen LogP contribution in [0.1, 0.15) is 44.9 Å². The Morgan fingerprint density at radius 3 is 2.46 bits per heavy atom. The van der Waals surface area contributed by atoms with Crippen LogP contribution >= 0.6 is 15.9 Å². The number of fused-ring (bicyclic) bond motifs is 1. The van der Waals surface area contributed by atoms with Gasteiger partial charge in [-0.3, -0.25) is 0 Å². The number of benzene rings is 2. The third-order valence-electron chi connectivity index (χ3n) is 4.69. The molecule has 1 aromatic heterocycles. The van der Waals surface area contributed by atoms with E-state index in [-0.39, 0.29) is 10.8 Å². The van der Waals surface area contributed by atoms with Crippen molar-refractivity contribution in [1.29, 1.82) is 0 Å². The summed E-state index contributed by atoms with van der Waals surface area (Å²) in [5.41, 5.74) is 3.49. The third-order valence-corrected chi connectivity index (χ3v) is 6.87. The fourth-order valence-electron chi connectivity index (χ4n) is 3.10. The smallest absolute Gasteiger partial charge is 0.136 e. The van der Waals surface area contributed by atoms with Crippen LogP contribution in [0.4, 0.5) is 0 Å². The van der Waals surface area contributed by atoms with Crippen molar-refractivity contribution >= 4 is 38.2 Å². The van der Waals surface area contributed by atoms with E-state index in [2.05, 4.69) is 68.7 Å². The highest BCUT2D eigenvalue weighted by atomic mass is 79.9. The van der Waals surface area contributed by atoms with Gasteiger partial charge in [0.25, 0.3) is 0 Å². The first-order chi connectivity index (χ1) is 13.2. The molecule has 3 aromatic rings. The molecule has 0 unspecified atom stereocenters. The van der Waals surface area contributed by atoms with Crippen LogP contribution in [0, 0.1) is 0 Å². The quantitative estimate of drug-likeness (QED) is 0.486. The van der Waals surface area contributed by atoms with Crippen molar-refractivity contribution in [2.24, 2.45) is 0 Å². The molecule has 2 aromatic carbocycles. The standard InChI is InChI=1S/C22H27BrN2O2S/c1-15(24-28(26)22(2,3)4)20-14-25(21-12-17(23)8-11-19(20)21)13-16-6-9-18(27-5)10-7-16/h6-12,14-15,24H,13H2,1-5H3/t15-,28+/m1/s1. The molecule has 4 nitrogen and oxygen atoms in total. The van der Waals surface area contributed by atoms with Gasteiger partial charge in [0.1, 0.15) is 10.5 Å². The predicted molar refractivity (Wildman–Crippen MR) is 121 cm³/mol. The fourth-order valence-corrected chi connectivity index (χ4v) is 4.25. The van der Waals surface area contributed by atoms with E-state index in [0.29, 0.717) is 0 Å². The van der Waals surface area contributed by atoms with E-state index in [0.717, 1.165) is 27.8 Å². The first-order valence-electron chi connectivity index (χ1n) is 9.28. The molecular formula is C22H27BrN2O2S. The molecule has 28 heavy (non-hydrogen) atoms. The summed E-state index contributed by atoms with van der Waals surface area (Å²) in [7, 11) is 1.67.